The van der Waals surface area contributed by atoms with E-state index in [2.05, 4.69) is 24.8 Å². The molecular formula is C14H20FN3. The summed E-state index contributed by atoms with van der Waals surface area (Å²) in [5.74, 6) is -0.310. The fourth-order valence-corrected chi connectivity index (χ4v) is 1.94. The summed E-state index contributed by atoms with van der Waals surface area (Å²) in [6.07, 6.45) is 0. The predicted octanol–water partition coefficient (Wildman–Crippen LogP) is 2.11. The number of benzene rings is 1. The maximum Gasteiger partial charge on any atom is 0.123 e. The van der Waals surface area contributed by atoms with Crippen molar-refractivity contribution in [3.8, 4) is 6.07 Å². The van der Waals surface area contributed by atoms with Crippen molar-refractivity contribution in [3.63, 3.8) is 0 Å². The Kier molecular flexibility index (Phi) is 4.83. The summed E-state index contributed by atoms with van der Waals surface area (Å²) in [4.78, 5) is 2.06. The smallest absolute Gasteiger partial charge is 0.123 e. The molecule has 0 aliphatic heterocycles. The van der Waals surface area contributed by atoms with Crippen molar-refractivity contribution in [2.45, 2.75) is 20.4 Å². The highest BCUT2D eigenvalue weighted by Crippen LogP contribution is 2.17. The highest BCUT2D eigenvalue weighted by molar-refractivity contribution is 5.37. The van der Waals surface area contributed by atoms with Crippen molar-refractivity contribution in [2.24, 2.45) is 11.1 Å². The van der Waals surface area contributed by atoms with Crippen LogP contribution >= 0.6 is 0 Å². The highest BCUT2D eigenvalue weighted by Gasteiger charge is 2.18. The number of nitrogens with two attached hydrogens (primary N) is 1. The quantitative estimate of drug-likeness (QED) is 0.869. The van der Waals surface area contributed by atoms with Crippen LogP contribution in [0.4, 0.5) is 4.39 Å². The van der Waals surface area contributed by atoms with Gasteiger partial charge in [0.15, 0.2) is 0 Å². The van der Waals surface area contributed by atoms with Crippen LogP contribution in [-0.4, -0.2) is 25.0 Å². The molecule has 0 aliphatic rings. The van der Waals surface area contributed by atoms with Crippen molar-refractivity contribution in [2.75, 3.05) is 20.1 Å². The van der Waals surface area contributed by atoms with Crippen LogP contribution in [-0.2, 0) is 6.54 Å². The number of nitriles is 1. The maximum absolute atomic E-state index is 13.2. The molecule has 0 heterocycles. The van der Waals surface area contributed by atoms with Crippen LogP contribution in [0.25, 0.3) is 0 Å². The van der Waals surface area contributed by atoms with Gasteiger partial charge in [0.25, 0.3) is 0 Å². The third-order valence-corrected chi connectivity index (χ3v) is 2.88. The first-order valence-corrected chi connectivity index (χ1v) is 5.95. The molecule has 0 bridgehead atoms. The summed E-state index contributed by atoms with van der Waals surface area (Å²) in [6.45, 7) is 6.10. The topological polar surface area (TPSA) is 53.0 Å². The second kappa shape index (κ2) is 5.94. The van der Waals surface area contributed by atoms with E-state index in [0.717, 1.165) is 6.54 Å². The Bertz CT molecular complexity index is 449. The summed E-state index contributed by atoms with van der Waals surface area (Å²) in [5.41, 5.74) is 6.94. The Morgan fingerprint density at radius 2 is 2.11 bits per heavy atom. The summed E-state index contributed by atoms with van der Waals surface area (Å²) in [6, 6.07) is 6.34. The van der Waals surface area contributed by atoms with Crippen molar-refractivity contribution < 1.29 is 4.39 Å². The summed E-state index contributed by atoms with van der Waals surface area (Å²) < 4.78 is 13.2. The Labute approximate surface area is 108 Å². The lowest BCUT2D eigenvalue weighted by atomic mass is 9.93. The molecule has 4 heteroatoms. The standard InChI is InChI=1S/C14H20FN3/c1-14(2,9-17)10-18(3)8-12-6-13(15)5-4-11(12)7-16/h4-6H,8-10,17H2,1-3H3. The molecule has 0 spiro atoms. The van der Waals surface area contributed by atoms with Crippen LogP contribution < -0.4 is 5.73 Å². The molecule has 0 amide bonds. The van der Waals surface area contributed by atoms with Gasteiger partial charge in [-0.25, -0.2) is 4.39 Å². The number of rotatable bonds is 5. The Morgan fingerprint density at radius 1 is 1.44 bits per heavy atom. The van der Waals surface area contributed by atoms with E-state index in [-0.39, 0.29) is 11.2 Å². The molecule has 0 fully saturated rings. The molecule has 18 heavy (non-hydrogen) atoms. The molecule has 0 radical (unpaired) electrons. The van der Waals surface area contributed by atoms with Gasteiger partial charge in [-0.3, -0.25) is 0 Å². The molecule has 0 saturated carbocycles. The van der Waals surface area contributed by atoms with Gasteiger partial charge in [0.1, 0.15) is 5.82 Å². The zero-order valence-corrected chi connectivity index (χ0v) is 11.2. The highest BCUT2D eigenvalue weighted by atomic mass is 19.1. The molecule has 98 valence electrons. The van der Waals surface area contributed by atoms with Gasteiger partial charge >= 0.3 is 0 Å². The van der Waals surface area contributed by atoms with Gasteiger partial charge in [-0.1, -0.05) is 13.8 Å². The normalized spacial score (nSPS) is 11.6. The number of hydrogen-bond donors (Lipinski definition) is 1. The van der Waals surface area contributed by atoms with E-state index in [4.69, 9.17) is 11.0 Å². The molecule has 0 saturated heterocycles. The van der Waals surface area contributed by atoms with Gasteiger partial charge in [-0.05, 0) is 42.8 Å². The van der Waals surface area contributed by atoms with Gasteiger partial charge in [0.2, 0.25) is 0 Å². The molecule has 0 unspecified atom stereocenters. The monoisotopic (exact) mass is 249 g/mol. The lowest BCUT2D eigenvalue weighted by Gasteiger charge is -2.29. The molecule has 0 aromatic heterocycles. The minimum absolute atomic E-state index is 0.00881. The van der Waals surface area contributed by atoms with E-state index in [9.17, 15) is 4.39 Å². The van der Waals surface area contributed by atoms with Crippen molar-refractivity contribution in [1.29, 1.82) is 5.26 Å². The van der Waals surface area contributed by atoms with E-state index >= 15 is 0 Å². The lowest BCUT2D eigenvalue weighted by molar-refractivity contribution is 0.209. The van der Waals surface area contributed by atoms with Gasteiger partial charge in [0, 0.05) is 13.1 Å². The van der Waals surface area contributed by atoms with Crippen molar-refractivity contribution in [1.82, 2.24) is 4.90 Å². The molecule has 0 aliphatic carbocycles. The first-order valence-electron chi connectivity index (χ1n) is 5.95. The molecule has 2 N–H and O–H groups in total. The lowest BCUT2D eigenvalue weighted by Crippen LogP contribution is -2.36. The van der Waals surface area contributed by atoms with E-state index in [1.165, 1.54) is 18.2 Å². The van der Waals surface area contributed by atoms with Crippen LogP contribution in [0.3, 0.4) is 0 Å². The Balaban J connectivity index is 2.79. The molecule has 3 nitrogen and oxygen atoms in total. The average molecular weight is 249 g/mol. The van der Waals surface area contributed by atoms with Crippen molar-refractivity contribution in [3.05, 3.63) is 35.1 Å². The second-order valence-corrected chi connectivity index (χ2v) is 5.45. The fraction of sp³-hybridized carbons (Fsp3) is 0.500. The van der Waals surface area contributed by atoms with Gasteiger partial charge in [0.05, 0.1) is 11.6 Å². The molecule has 1 rings (SSSR count). The van der Waals surface area contributed by atoms with Crippen LogP contribution in [0.5, 0.6) is 0 Å². The van der Waals surface area contributed by atoms with E-state index in [1.54, 1.807) is 0 Å². The van der Waals surface area contributed by atoms with Crippen LogP contribution in [0, 0.1) is 22.6 Å². The molecule has 0 atom stereocenters. The molecule has 1 aromatic rings. The minimum Gasteiger partial charge on any atom is -0.330 e. The first kappa shape index (κ1) is 14.6. The summed E-state index contributed by atoms with van der Waals surface area (Å²) >= 11 is 0. The van der Waals surface area contributed by atoms with Gasteiger partial charge in [-0.15, -0.1) is 0 Å². The average Bonchev–Trinajstić information content (AvgIpc) is 2.28. The third kappa shape index (κ3) is 4.10. The number of nitrogens with zero attached hydrogens (tertiary/aromatic N) is 2. The zero-order chi connectivity index (χ0) is 13.8. The number of hydrogen-bond acceptors (Lipinski definition) is 3. The van der Waals surface area contributed by atoms with E-state index in [0.29, 0.717) is 24.2 Å². The summed E-state index contributed by atoms with van der Waals surface area (Å²) in [7, 11) is 1.95. The Hall–Kier alpha value is -1.44. The van der Waals surface area contributed by atoms with Crippen LogP contribution in [0.1, 0.15) is 25.0 Å². The first-order chi connectivity index (χ1) is 8.38. The third-order valence-electron chi connectivity index (χ3n) is 2.88. The second-order valence-electron chi connectivity index (χ2n) is 5.45. The largest absolute Gasteiger partial charge is 0.330 e. The number of halogens is 1. The van der Waals surface area contributed by atoms with E-state index in [1.807, 2.05) is 7.05 Å². The Morgan fingerprint density at radius 3 is 2.67 bits per heavy atom. The summed E-state index contributed by atoms with van der Waals surface area (Å²) in [5, 5.41) is 8.99. The molecular weight excluding hydrogens is 229 g/mol. The minimum atomic E-state index is -0.310. The van der Waals surface area contributed by atoms with Gasteiger partial charge in [-0.2, -0.15) is 5.26 Å². The fourth-order valence-electron chi connectivity index (χ4n) is 1.94. The molecule has 1 aromatic carbocycles. The van der Waals surface area contributed by atoms with E-state index < -0.39 is 0 Å². The van der Waals surface area contributed by atoms with Crippen molar-refractivity contribution >= 4 is 0 Å². The zero-order valence-electron chi connectivity index (χ0n) is 11.2. The van der Waals surface area contributed by atoms with Gasteiger partial charge < -0.3 is 10.6 Å². The SMILES string of the molecule is CN(Cc1cc(F)ccc1C#N)CC(C)(C)CN. The van der Waals surface area contributed by atoms with Crippen LogP contribution in [0.15, 0.2) is 18.2 Å². The maximum atomic E-state index is 13.2. The van der Waals surface area contributed by atoms with Crippen LogP contribution in [0.2, 0.25) is 0 Å². The predicted molar refractivity (Wildman–Crippen MR) is 70.3 cm³/mol.